The van der Waals surface area contributed by atoms with Gasteiger partial charge in [0.15, 0.2) is 0 Å². The van der Waals surface area contributed by atoms with Crippen molar-refractivity contribution in [3.05, 3.63) is 42.7 Å². The second-order valence-electron chi connectivity index (χ2n) is 7.20. The number of aromatic nitrogens is 5. The SMILES string of the molecule is CCC(CC)n1cc(-c2nc(C(C=NC(C)C(C)O)=CN)cn3nccc23)cn1. The summed E-state index contributed by atoms with van der Waals surface area (Å²) in [6.45, 7) is 7.87. The molecule has 0 amide bonds. The number of rotatable bonds is 8. The first-order valence-electron chi connectivity index (χ1n) is 10.0. The molecule has 0 aliphatic carbocycles. The first-order chi connectivity index (χ1) is 14.0. The number of allylic oxidation sites excluding steroid dienone is 1. The summed E-state index contributed by atoms with van der Waals surface area (Å²) in [5.41, 5.74) is 9.76. The van der Waals surface area contributed by atoms with Crippen LogP contribution >= 0.6 is 0 Å². The van der Waals surface area contributed by atoms with E-state index in [0.29, 0.717) is 17.3 Å². The maximum atomic E-state index is 9.67. The summed E-state index contributed by atoms with van der Waals surface area (Å²) in [7, 11) is 0. The summed E-state index contributed by atoms with van der Waals surface area (Å²) >= 11 is 0. The van der Waals surface area contributed by atoms with E-state index in [2.05, 4.69) is 29.0 Å². The topological polar surface area (TPSA) is 107 Å². The molecule has 0 fully saturated rings. The number of hydrogen-bond donors (Lipinski definition) is 2. The van der Waals surface area contributed by atoms with Gasteiger partial charge in [-0.1, -0.05) is 13.8 Å². The van der Waals surface area contributed by atoms with Crippen LogP contribution in [-0.2, 0) is 0 Å². The lowest BCUT2D eigenvalue weighted by atomic mass is 10.1. The molecule has 154 valence electrons. The van der Waals surface area contributed by atoms with Gasteiger partial charge in [-0.2, -0.15) is 10.2 Å². The minimum Gasteiger partial charge on any atom is -0.404 e. The Morgan fingerprint density at radius 3 is 2.66 bits per heavy atom. The van der Waals surface area contributed by atoms with Gasteiger partial charge in [-0.3, -0.25) is 9.67 Å². The number of nitrogens with zero attached hydrogens (tertiary/aromatic N) is 6. The summed E-state index contributed by atoms with van der Waals surface area (Å²) in [4.78, 5) is 9.23. The lowest BCUT2D eigenvalue weighted by molar-refractivity contribution is 0.171. The van der Waals surface area contributed by atoms with Crippen molar-refractivity contribution in [2.45, 2.75) is 58.7 Å². The molecule has 0 aliphatic heterocycles. The van der Waals surface area contributed by atoms with Gasteiger partial charge in [0.25, 0.3) is 0 Å². The van der Waals surface area contributed by atoms with E-state index in [1.165, 1.54) is 6.20 Å². The summed E-state index contributed by atoms with van der Waals surface area (Å²) in [5, 5.41) is 18.6. The average molecular weight is 396 g/mol. The van der Waals surface area contributed by atoms with Gasteiger partial charge in [0, 0.05) is 29.7 Å². The number of hydrogen-bond acceptors (Lipinski definition) is 6. The number of aliphatic hydroxyl groups is 1. The summed E-state index contributed by atoms with van der Waals surface area (Å²) < 4.78 is 3.78. The van der Waals surface area contributed by atoms with Crippen molar-refractivity contribution in [3.8, 4) is 11.3 Å². The third kappa shape index (κ3) is 4.37. The molecular weight excluding hydrogens is 366 g/mol. The second-order valence-corrected chi connectivity index (χ2v) is 7.20. The summed E-state index contributed by atoms with van der Waals surface area (Å²) in [6.07, 6.45) is 12.0. The summed E-state index contributed by atoms with van der Waals surface area (Å²) in [5.74, 6) is 0. The van der Waals surface area contributed by atoms with E-state index >= 15 is 0 Å². The minimum atomic E-state index is -0.543. The third-order valence-corrected chi connectivity index (χ3v) is 5.20. The van der Waals surface area contributed by atoms with Crippen LogP contribution in [0.2, 0.25) is 0 Å². The fourth-order valence-electron chi connectivity index (χ4n) is 3.12. The normalized spacial score (nSPS) is 14.9. The zero-order valence-electron chi connectivity index (χ0n) is 17.4. The molecule has 0 spiro atoms. The Kier molecular flexibility index (Phi) is 6.43. The molecule has 0 saturated heterocycles. The monoisotopic (exact) mass is 395 g/mol. The van der Waals surface area contributed by atoms with Gasteiger partial charge in [-0.05, 0) is 32.8 Å². The maximum absolute atomic E-state index is 9.67. The Morgan fingerprint density at radius 2 is 2.00 bits per heavy atom. The molecule has 0 saturated carbocycles. The van der Waals surface area contributed by atoms with Crippen LogP contribution in [0.4, 0.5) is 0 Å². The van der Waals surface area contributed by atoms with Crippen molar-refractivity contribution in [3.63, 3.8) is 0 Å². The largest absolute Gasteiger partial charge is 0.404 e. The van der Waals surface area contributed by atoms with Crippen LogP contribution < -0.4 is 5.73 Å². The van der Waals surface area contributed by atoms with E-state index in [1.807, 2.05) is 36.3 Å². The number of fused-ring (bicyclic) bond motifs is 1. The molecular formula is C21H29N7O. The third-order valence-electron chi connectivity index (χ3n) is 5.20. The highest BCUT2D eigenvalue weighted by Gasteiger charge is 2.15. The predicted octanol–water partition coefficient (Wildman–Crippen LogP) is 3.09. The quantitative estimate of drug-likeness (QED) is 0.570. The molecule has 2 atom stereocenters. The smallest absolute Gasteiger partial charge is 0.0999 e. The lowest BCUT2D eigenvalue weighted by Gasteiger charge is -2.12. The van der Waals surface area contributed by atoms with Gasteiger partial charge < -0.3 is 10.8 Å². The number of aliphatic imine (C=N–C) groups is 1. The van der Waals surface area contributed by atoms with Crippen LogP contribution in [0.25, 0.3) is 22.3 Å². The fourth-order valence-corrected chi connectivity index (χ4v) is 3.12. The van der Waals surface area contributed by atoms with E-state index in [0.717, 1.165) is 29.6 Å². The van der Waals surface area contributed by atoms with Crippen molar-refractivity contribution in [1.82, 2.24) is 24.4 Å². The highest BCUT2D eigenvalue weighted by Crippen LogP contribution is 2.26. The van der Waals surface area contributed by atoms with Crippen LogP contribution in [0.1, 0.15) is 52.3 Å². The van der Waals surface area contributed by atoms with Gasteiger partial charge in [0.1, 0.15) is 0 Å². The molecule has 3 N–H and O–H groups in total. The molecule has 8 heteroatoms. The van der Waals surface area contributed by atoms with Crippen LogP contribution in [0.3, 0.4) is 0 Å². The molecule has 0 aromatic carbocycles. The maximum Gasteiger partial charge on any atom is 0.0999 e. The van der Waals surface area contributed by atoms with Crippen molar-refractivity contribution >= 4 is 17.3 Å². The lowest BCUT2D eigenvalue weighted by Crippen LogP contribution is -2.16. The van der Waals surface area contributed by atoms with Crippen molar-refractivity contribution < 1.29 is 5.11 Å². The molecule has 29 heavy (non-hydrogen) atoms. The predicted molar refractivity (Wildman–Crippen MR) is 116 cm³/mol. The Morgan fingerprint density at radius 1 is 1.24 bits per heavy atom. The molecule has 3 heterocycles. The molecule has 0 bridgehead atoms. The van der Waals surface area contributed by atoms with E-state index in [9.17, 15) is 5.11 Å². The molecule has 3 aromatic heterocycles. The van der Waals surface area contributed by atoms with Crippen molar-refractivity contribution in [2.24, 2.45) is 10.7 Å². The van der Waals surface area contributed by atoms with Crippen LogP contribution in [-0.4, -0.2) is 47.8 Å². The van der Waals surface area contributed by atoms with Crippen LogP contribution in [0.15, 0.2) is 42.0 Å². The van der Waals surface area contributed by atoms with E-state index in [4.69, 9.17) is 10.7 Å². The van der Waals surface area contributed by atoms with E-state index < -0.39 is 6.10 Å². The average Bonchev–Trinajstić information content (AvgIpc) is 3.38. The van der Waals surface area contributed by atoms with Crippen molar-refractivity contribution in [2.75, 3.05) is 0 Å². The Bertz CT molecular complexity index is 1010. The molecule has 8 nitrogen and oxygen atoms in total. The molecule has 3 rings (SSSR count). The van der Waals surface area contributed by atoms with E-state index in [-0.39, 0.29) is 6.04 Å². The Hall–Kier alpha value is -3.00. The first kappa shape index (κ1) is 20.7. The standard InChI is InChI=1S/C21H29N7O/c1-5-18(6-2)27-12-17(11-25-27)21-20-7-8-24-28(20)13-19(26-21)16(9-22)10-23-14(3)15(4)29/h7-15,18,29H,5-6,22H2,1-4H3. The van der Waals surface area contributed by atoms with E-state index in [1.54, 1.807) is 23.9 Å². The molecule has 0 radical (unpaired) electrons. The second kappa shape index (κ2) is 9.00. The van der Waals surface area contributed by atoms with Gasteiger partial charge in [-0.25, -0.2) is 9.50 Å². The van der Waals surface area contributed by atoms with Crippen LogP contribution in [0.5, 0.6) is 0 Å². The van der Waals surface area contributed by atoms with Gasteiger partial charge in [0.2, 0.25) is 0 Å². The Labute approximate surface area is 170 Å². The van der Waals surface area contributed by atoms with Crippen molar-refractivity contribution in [1.29, 1.82) is 0 Å². The molecule has 2 unspecified atom stereocenters. The van der Waals surface area contributed by atoms with Gasteiger partial charge >= 0.3 is 0 Å². The summed E-state index contributed by atoms with van der Waals surface area (Å²) in [6, 6.07) is 2.05. The fraction of sp³-hybridized carbons (Fsp3) is 0.429. The highest BCUT2D eigenvalue weighted by molar-refractivity contribution is 6.09. The van der Waals surface area contributed by atoms with Gasteiger partial charge in [0.05, 0.1) is 53.7 Å². The molecule has 3 aromatic rings. The van der Waals surface area contributed by atoms with Crippen LogP contribution in [0, 0.1) is 0 Å². The first-order valence-corrected chi connectivity index (χ1v) is 10.0. The zero-order valence-corrected chi connectivity index (χ0v) is 17.4. The number of aliphatic hydroxyl groups excluding tert-OH is 1. The molecule has 0 aliphatic rings. The van der Waals surface area contributed by atoms with Gasteiger partial charge in [-0.15, -0.1) is 0 Å². The Balaban J connectivity index is 2.04. The highest BCUT2D eigenvalue weighted by atomic mass is 16.3. The zero-order chi connectivity index (χ0) is 21.0. The number of nitrogens with two attached hydrogens (primary N) is 1. The minimum absolute atomic E-state index is 0.240.